The minimum atomic E-state index is -3.51. The van der Waals surface area contributed by atoms with E-state index < -0.39 is 32.6 Å². The molecule has 2 unspecified atom stereocenters. The lowest BCUT2D eigenvalue weighted by Crippen LogP contribution is -2.38. The van der Waals surface area contributed by atoms with Crippen molar-refractivity contribution in [2.24, 2.45) is 5.14 Å². The molecule has 0 bridgehead atoms. The van der Waals surface area contributed by atoms with Crippen LogP contribution in [0, 0.1) is 0 Å². The van der Waals surface area contributed by atoms with Gasteiger partial charge in [0.15, 0.2) is 5.12 Å². The predicted octanol–water partition coefficient (Wildman–Crippen LogP) is 4.12. The largest absolute Gasteiger partial charge is 0.444 e. The maximum atomic E-state index is 11.9. The highest BCUT2D eigenvalue weighted by molar-refractivity contribution is 8.14. The zero-order valence-electron chi connectivity index (χ0n) is 22.9. The lowest BCUT2D eigenvalue weighted by atomic mass is 10.2. The standard InChI is InChI=1S/C13H23NO3S.C11H22N2O4S/c1-10(15)18-11-6-5-8-14(9-7-11)12(16)17-13(2,3)4;1-11(2,3)17-10(14)13-7-4-5-9(6-8-13)18(12,15)16/h11H,5-9H2,1-4H3;9H,4-8H2,1-3H3,(H2,12,15,16). The van der Waals surface area contributed by atoms with Crippen LogP contribution in [0.15, 0.2) is 0 Å². The molecular formula is C24H45N3O7S2. The van der Waals surface area contributed by atoms with Gasteiger partial charge in [0.1, 0.15) is 11.2 Å². The third-order valence-electron chi connectivity index (χ3n) is 5.45. The predicted molar refractivity (Wildman–Crippen MR) is 142 cm³/mol. The van der Waals surface area contributed by atoms with Gasteiger partial charge in [-0.15, -0.1) is 0 Å². The monoisotopic (exact) mass is 551 g/mol. The van der Waals surface area contributed by atoms with E-state index in [0.717, 1.165) is 25.8 Å². The molecule has 0 aromatic carbocycles. The van der Waals surface area contributed by atoms with Gasteiger partial charge in [0, 0.05) is 38.4 Å². The molecule has 2 N–H and O–H groups in total. The number of hydrogen-bond donors (Lipinski definition) is 1. The van der Waals surface area contributed by atoms with E-state index in [1.807, 2.05) is 20.8 Å². The minimum absolute atomic E-state index is 0.158. The Bertz CT molecular complexity index is 851. The summed E-state index contributed by atoms with van der Waals surface area (Å²) >= 11 is 1.40. The van der Waals surface area contributed by atoms with Crippen molar-refractivity contribution < 1.29 is 32.3 Å². The number of carbonyl (C=O) groups excluding carboxylic acids is 3. The molecule has 2 rings (SSSR count). The summed E-state index contributed by atoms with van der Waals surface area (Å²) in [4.78, 5) is 38.2. The van der Waals surface area contributed by atoms with Crippen LogP contribution in [0.1, 0.15) is 87.0 Å². The zero-order valence-corrected chi connectivity index (χ0v) is 24.5. The molecular weight excluding hydrogens is 506 g/mol. The van der Waals surface area contributed by atoms with Gasteiger partial charge >= 0.3 is 12.2 Å². The molecule has 0 saturated carbocycles. The fourth-order valence-electron chi connectivity index (χ4n) is 3.83. The first kappa shape index (κ1) is 32.5. The first-order valence-electron chi connectivity index (χ1n) is 12.5. The lowest BCUT2D eigenvalue weighted by Gasteiger charge is -2.26. The zero-order chi connectivity index (χ0) is 27.7. The van der Waals surface area contributed by atoms with Crippen LogP contribution in [-0.2, 0) is 24.3 Å². The van der Waals surface area contributed by atoms with Crippen molar-refractivity contribution in [3.05, 3.63) is 0 Å². The van der Waals surface area contributed by atoms with Crippen molar-refractivity contribution in [3.8, 4) is 0 Å². The molecule has 36 heavy (non-hydrogen) atoms. The van der Waals surface area contributed by atoms with Gasteiger partial charge in [-0.05, 0) is 80.1 Å². The smallest absolute Gasteiger partial charge is 0.410 e. The van der Waals surface area contributed by atoms with Crippen molar-refractivity contribution in [2.75, 3.05) is 26.2 Å². The van der Waals surface area contributed by atoms with Crippen LogP contribution in [0.3, 0.4) is 0 Å². The van der Waals surface area contributed by atoms with E-state index in [2.05, 4.69) is 0 Å². The number of hydrogen-bond acceptors (Lipinski definition) is 8. The van der Waals surface area contributed by atoms with Gasteiger partial charge < -0.3 is 19.3 Å². The normalized spacial score (nSPS) is 21.9. The Labute approximate surface area is 221 Å². The summed E-state index contributed by atoms with van der Waals surface area (Å²) in [7, 11) is -3.51. The fraction of sp³-hybridized carbons (Fsp3) is 0.875. The number of likely N-dealkylation sites (tertiary alicyclic amines) is 2. The topological polar surface area (TPSA) is 136 Å². The Morgan fingerprint density at radius 3 is 1.64 bits per heavy atom. The molecule has 0 aliphatic carbocycles. The highest BCUT2D eigenvalue weighted by atomic mass is 32.2. The number of sulfonamides is 1. The number of amides is 2. The van der Waals surface area contributed by atoms with Crippen LogP contribution in [0.2, 0.25) is 0 Å². The Hall–Kier alpha value is -1.53. The molecule has 2 amide bonds. The molecule has 10 nitrogen and oxygen atoms in total. The highest BCUT2D eigenvalue weighted by Gasteiger charge is 2.29. The second-order valence-electron chi connectivity index (χ2n) is 11.2. The van der Waals surface area contributed by atoms with Gasteiger partial charge in [-0.25, -0.2) is 23.1 Å². The number of nitrogens with zero attached hydrogens (tertiary/aromatic N) is 2. The number of nitrogens with two attached hydrogens (primary N) is 1. The second-order valence-corrected chi connectivity index (χ2v) is 14.6. The molecule has 210 valence electrons. The molecule has 2 heterocycles. The Morgan fingerprint density at radius 1 is 0.778 bits per heavy atom. The van der Waals surface area contributed by atoms with Gasteiger partial charge in [0.05, 0.1) is 5.25 Å². The Morgan fingerprint density at radius 2 is 1.22 bits per heavy atom. The number of primary sulfonamides is 1. The van der Waals surface area contributed by atoms with Crippen molar-refractivity contribution >= 4 is 39.1 Å². The van der Waals surface area contributed by atoms with Crippen LogP contribution in [0.4, 0.5) is 9.59 Å². The first-order chi connectivity index (χ1) is 16.4. The maximum absolute atomic E-state index is 11.9. The molecule has 2 atom stereocenters. The van der Waals surface area contributed by atoms with E-state index in [9.17, 15) is 22.8 Å². The van der Waals surface area contributed by atoms with Gasteiger partial charge in [-0.3, -0.25) is 4.79 Å². The van der Waals surface area contributed by atoms with E-state index in [1.54, 1.807) is 37.5 Å². The van der Waals surface area contributed by atoms with Crippen LogP contribution >= 0.6 is 11.8 Å². The summed E-state index contributed by atoms with van der Waals surface area (Å²) in [6.45, 7) is 14.9. The van der Waals surface area contributed by atoms with E-state index in [1.165, 1.54) is 11.8 Å². The maximum Gasteiger partial charge on any atom is 0.410 e. The first-order valence-corrected chi connectivity index (χ1v) is 15.0. The van der Waals surface area contributed by atoms with Crippen LogP contribution in [0.5, 0.6) is 0 Å². The minimum Gasteiger partial charge on any atom is -0.444 e. The van der Waals surface area contributed by atoms with Crippen LogP contribution in [-0.4, -0.2) is 83.4 Å². The summed E-state index contributed by atoms with van der Waals surface area (Å²) in [5.74, 6) is 0. The van der Waals surface area contributed by atoms with E-state index in [4.69, 9.17) is 14.6 Å². The van der Waals surface area contributed by atoms with Gasteiger partial charge in [0.25, 0.3) is 0 Å². The van der Waals surface area contributed by atoms with Gasteiger partial charge in [-0.1, -0.05) is 11.8 Å². The van der Waals surface area contributed by atoms with Crippen molar-refractivity contribution in [3.63, 3.8) is 0 Å². The summed E-state index contributed by atoms with van der Waals surface area (Å²) in [5.41, 5.74) is -0.986. The summed E-state index contributed by atoms with van der Waals surface area (Å²) < 4.78 is 33.2. The van der Waals surface area contributed by atoms with Gasteiger partial charge in [0.2, 0.25) is 10.0 Å². The molecule has 12 heteroatoms. The highest BCUT2D eigenvalue weighted by Crippen LogP contribution is 2.25. The average molecular weight is 552 g/mol. The van der Waals surface area contributed by atoms with Crippen molar-refractivity contribution in [2.45, 2.75) is 109 Å². The van der Waals surface area contributed by atoms with E-state index in [-0.39, 0.29) is 11.2 Å². The molecule has 0 spiro atoms. The Kier molecular flexibility index (Phi) is 12.5. The number of thioether (sulfide) groups is 1. The average Bonchev–Trinajstić information content (AvgIpc) is 3.06. The van der Waals surface area contributed by atoms with Crippen molar-refractivity contribution in [1.82, 2.24) is 9.80 Å². The quantitative estimate of drug-likeness (QED) is 0.541. The molecule has 0 aromatic heterocycles. The molecule has 2 aliphatic heterocycles. The van der Waals surface area contributed by atoms with Crippen LogP contribution < -0.4 is 5.14 Å². The second kappa shape index (κ2) is 13.9. The number of ether oxygens (including phenoxy) is 2. The molecule has 0 aromatic rings. The fourth-order valence-corrected chi connectivity index (χ4v) is 5.74. The third-order valence-corrected chi connectivity index (χ3v) is 7.99. The summed E-state index contributed by atoms with van der Waals surface area (Å²) in [6.07, 6.45) is 3.65. The van der Waals surface area contributed by atoms with E-state index >= 15 is 0 Å². The number of rotatable bonds is 2. The lowest BCUT2D eigenvalue weighted by molar-refractivity contribution is -0.109. The molecule has 2 aliphatic rings. The Balaban J connectivity index is 0.000000360. The third kappa shape index (κ3) is 13.7. The molecule has 2 saturated heterocycles. The SMILES string of the molecule is CC(=O)SC1CCCN(C(=O)OC(C)(C)C)CC1.CC(C)(C)OC(=O)N1CCCC(S(N)(=O)=O)CC1. The van der Waals surface area contributed by atoms with E-state index in [0.29, 0.717) is 44.1 Å². The van der Waals surface area contributed by atoms with Crippen LogP contribution in [0.25, 0.3) is 0 Å². The molecule has 2 fully saturated rings. The summed E-state index contributed by atoms with van der Waals surface area (Å²) in [6, 6.07) is 0. The van der Waals surface area contributed by atoms with Gasteiger partial charge in [-0.2, -0.15) is 0 Å². The van der Waals surface area contributed by atoms with Crippen molar-refractivity contribution in [1.29, 1.82) is 0 Å². The molecule has 0 radical (unpaired) electrons. The summed E-state index contributed by atoms with van der Waals surface area (Å²) in [5, 5.41) is 5.09. The number of carbonyl (C=O) groups is 3.